The van der Waals surface area contributed by atoms with Crippen LogP contribution in [0.2, 0.25) is 0 Å². The number of rotatable bonds is 5. The molecule has 0 aromatic carbocycles. The summed E-state index contributed by atoms with van der Waals surface area (Å²) in [5.74, 6) is 0.161. The number of ether oxygens (including phenoxy) is 1. The van der Waals surface area contributed by atoms with Gasteiger partial charge in [-0.3, -0.25) is 10.1 Å². The molecular formula is C18H13N5O3S. The smallest absolute Gasteiger partial charge is 0.373 e. The average Bonchev–Trinajstić information content (AvgIpc) is 3.41. The fourth-order valence-electron chi connectivity index (χ4n) is 2.37. The largest absolute Gasteiger partial charge is 0.463 e. The molecule has 0 aliphatic carbocycles. The van der Waals surface area contributed by atoms with E-state index in [1.54, 1.807) is 30.9 Å². The van der Waals surface area contributed by atoms with Gasteiger partial charge in [0.15, 0.2) is 5.82 Å². The van der Waals surface area contributed by atoms with Crippen molar-refractivity contribution < 1.29 is 13.9 Å². The molecule has 4 rings (SSSR count). The summed E-state index contributed by atoms with van der Waals surface area (Å²) in [5.41, 5.74) is 2.25. The lowest BCUT2D eigenvalue weighted by Gasteiger charge is -2.08. The Morgan fingerprint density at radius 1 is 1.26 bits per heavy atom. The first-order valence-corrected chi connectivity index (χ1v) is 8.68. The maximum Gasteiger partial charge on any atom is 0.373 e. The SMILES string of the molecule is COC(=O)c1cc(Sc2cnc(-c3cccnc3)nc2-c2ccn[nH]2)co1. The maximum absolute atomic E-state index is 11.6. The first-order chi connectivity index (χ1) is 13.2. The Hall–Kier alpha value is -3.46. The second-order valence-corrected chi connectivity index (χ2v) is 6.47. The lowest BCUT2D eigenvalue weighted by atomic mass is 10.2. The van der Waals surface area contributed by atoms with Gasteiger partial charge in [0.1, 0.15) is 12.0 Å². The molecule has 0 saturated heterocycles. The average molecular weight is 379 g/mol. The van der Waals surface area contributed by atoms with Gasteiger partial charge in [-0.15, -0.1) is 0 Å². The van der Waals surface area contributed by atoms with Crippen molar-refractivity contribution in [3.8, 4) is 22.8 Å². The van der Waals surface area contributed by atoms with Crippen LogP contribution in [-0.4, -0.2) is 38.2 Å². The van der Waals surface area contributed by atoms with E-state index >= 15 is 0 Å². The van der Waals surface area contributed by atoms with E-state index < -0.39 is 5.97 Å². The van der Waals surface area contributed by atoms with Crippen molar-refractivity contribution in [1.29, 1.82) is 0 Å². The highest BCUT2D eigenvalue weighted by Gasteiger charge is 2.16. The topological polar surface area (TPSA) is 107 Å². The summed E-state index contributed by atoms with van der Waals surface area (Å²) in [7, 11) is 1.30. The summed E-state index contributed by atoms with van der Waals surface area (Å²) in [6.07, 6.45) is 8.27. The van der Waals surface area contributed by atoms with Crippen LogP contribution in [0.25, 0.3) is 22.8 Å². The molecule has 0 radical (unpaired) electrons. The molecule has 0 spiro atoms. The molecule has 0 bridgehead atoms. The van der Waals surface area contributed by atoms with Gasteiger partial charge in [0, 0.05) is 36.4 Å². The van der Waals surface area contributed by atoms with Gasteiger partial charge < -0.3 is 9.15 Å². The summed E-state index contributed by atoms with van der Waals surface area (Å²) < 4.78 is 9.91. The Kier molecular flexibility index (Phi) is 4.67. The number of carbonyl (C=O) groups excluding carboxylic acids is 1. The molecule has 0 unspecified atom stereocenters. The number of nitrogens with one attached hydrogen (secondary N) is 1. The number of nitrogens with zero attached hydrogens (tertiary/aromatic N) is 4. The van der Waals surface area contributed by atoms with Gasteiger partial charge in [0.2, 0.25) is 5.76 Å². The van der Waals surface area contributed by atoms with Crippen LogP contribution >= 0.6 is 11.8 Å². The molecule has 0 fully saturated rings. The Balaban J connectivity index is 1.72. The molecule has 0 saturated carbocycles. The van der Waals surface area contributed by atoms with E-state index in [0.717, 1.165) is 21.0 Å². The summed E-state index contributed by atoms with van der Waals surface area (Å²) in [5, 5.41) is 6.92. The minimum Gasteiger partial charge on any atom is -0.463 e. The van der Waals surface area contributed by atoms with Crippen LogP contribution in [0.4, 0.5) is 0 Å². The number of carbonyl (C=O) groups is 1. The number of pyridine rings is 1. The maximum atomic E-state index is 11.6. The predicted molar refractivity (Wildman–Crippen MR) is 97.0 cm³/mol. The first-order valence-electron chi connectivity index (χ1n) is 7.86. The van der Waals surface area contributed by atoms with Crippen molar-refractivity contribution in [1.82, 2.24) is 25.1 Å². The van der Waals surface area contributed by atoms with Crippen molar-refractivity contribution in [2.24, 2.45) is 0 Å². The van der Waals surface area contributed by atoms with E-state index in [0.29, 0.717) is 11.5 Å². The molecule has 27 heavy (non-hydrogen) atoms. The lowest BCUT2D eigenvalue weighted by molar-refractivity contribution is 0.0565. The van der Waals surface area contributed by atoms with Crippen LogP contribution in [0.15, 0.2) is 69.5 Å². The first kappa shape index (κ1) is 17.0. The van der Waals surface area contributed by atoms with Gasteiger partial charge in [-0.1, -0.05) is 11.8 Å². The second-order valence-electron chi connectivity index (χ2n) is 5.36. The van der Waals surface area contributed by atoms with Gasteiger partial charge in [0.05, 0.1) is 22.6 Å². The standard InChI is InChI=1S/C18H13N5O3S/c1-25-18(24)14-7-12(10-26-14)27-15-9-20-17(11-3-2-5-19-8-11)22-16(15)13-4-6-21-23-13/h2-10H,1H3,(H,21,23). The molecule has 4 aromatic heterocycles. The highest BCUT2D eigenvalue weighted by Crippen LogP contribution is 2.35. The molecule has 0 amide bonds. The van der Waals surface area contributed by atoms with Crippen LogP contribution in [-0.2, 0) is 4.74 Å². The molecule has 0 atom stereocenters. The fourth-order valence-corrected chi connectivity index (χ4v) is 3.24. The third-order valence-corrected chi connectivity index (χ3v) is 4.59. The molecule has 4 aromatic rings. The number of aromatic amines is 1. The minimum atomic E-state index is -0.529. The monoisotopic (exact) mass is 379 g/mol. The van der Waals surface area contributed by atoms with Gasteiger partial charge in [-0.2, -0.15) is 5.10 Å². The van der Waals surface area contributed by atoms with Gasteiger partial charge >= 0.3 is 5.97 Å². The van der Waals surface area contributed by atoms with E-state index in [9.17, 15) is 4.79 Å². The molecule has 0 aliphatic heterocycles. The van der Waals surface area contributed by atoms with Crippen LogP contribution in [0.1, 0.15) is 10.6 Å². The van der Waals surface area contributed by atoms with Crippen LogP contribution < -0.4 is 0 Å². The van der Waals surface area contributed by atoms with Gasteiger partial charge in [-0.05, 0) is 18.2 Å². The van der Waals surface area contributed by atoms with Gasteiger partial charge in [-0.25, -0.2) is 14.8 Å². The number of methoxy groups -OCH3 is 1. The molecule has 0 aliphatic rings. The van der Waals surface area contributed by atoms with Crippen molar-refractivity contribution in [3.63, 3.8) is 0 Å². The second kappa shape index (κ2) is 7.42. The Labute approximate surface area is 158 Å². The zero-order valence-electron chi connectivity index (χ0n) is 14.1. The van der Waals surface area contributed by atoms with Crippen molar-refractivity contribution in [3.05, 3.63) is 61.1 Å². The molecule has 4 heterocycles. The normalized spacial score (nSPS) is 10.7. The van der Waals surface area contributed by atoms with Crippen molar-refractivity contribution in [2.75, 3.05) is 7.11 Å². The lowest BCUT2D eigenvalue weighted by Crippen LogP contribution is -1.98. The van der Waals surface area contributed by atoms with E-state index in [2.05, 4.69) is 29.9 Å². The Morgan fingerprint density at radius 3 is 2.93 bits per heavy atom. The summed E-state index contributed by atoms with van der Waals surface area (Å²) in [6.45, 7) is 0. The third-order valence-electron chi connectivity index (χ3n) is 3.62. The number of H-pyrrole nitrogens is 1. The highest BCUT2D eigenvalue weighted by atomic mass is 32.2. The quantitative estimate of drug-likeness (QED) is 0.525. The Bertz CT molecular complexity index is 1060. The number of aromatic nitrogens is 5. The summed E-state index contributed by atoms with van der Waals surface area (Å²) >= 11 is 1.38. The molecular weight excluding hydrogens is 366 g/mol. The van der Waals surface area contributed by atoms with E-state index in [-0.39, 0.29) is 5.76 Å². The minimum absolute atomic E-state index is 0.135. The van der Waals surface area contributed by atoms with Crippen molar-refractivity contribution in [2.45, 2.75) is 9.79 Å². The number of esters is 1. The van der Waals surface area contributed by atoms with E-state index in [1.165, 1.54) is 25.1 Å². The molecule has 134 valence electrons. The van der Waals surface area contributed by atoms with Crippen LogP contribution in [0.5, 0.6) is 0 Å². The zero-order valence-corrected chi connectivity index (χ0v) is 14.9. The number of hydrogen-bond acceptors (Lipinski definition) is 8. The molecule has 1 N–H and O–H groups in total. The predicted octanol–water partition coefficient (Wildman–Crippen LogP) is 3.46. The summed E-state index contributed by atoms with van der Waals surface area (Å²) in [6, 6.07) is 7.17. The summed E-state index contributed by atoms with van der Waals surface area (Å²) in [4.78, 5) is 26.3. The van der Waals surface area contributed by atoms with Gasteiger partial charge in [0.25, 0.3) is 0 Å². The molecule has 9 heteroatoms. The van der Waals surface area contributed by atoms with Crippen molar-refractivity contribution >= 4 is 17.7 Å². The number of furan rings is 1. The molecule has 8 nitrogen and oxygen atoms in total. The van der Waals surface area contributed by atoms with Crippen LogP contribution in [0.3, 0.4) is 0 Å². The van der Waals surface area contributed by atoms with E-state index in [1.807, 2.05) is 18.2 Å². The fraction of sp³-hybridized carbons (Fsp3) is 0.0556. The van der Waals surface area contributed by atoms with Crippen LogP contribution in [0, 0.1) is 0 Å². The Morgan fingerprint density at radius 2 is 2.19 bits per heavy atom. The highest BCUT2D eigenvalue weighted by molar-refractivity contribution is 7.99. The number of hydrogen-bond donors (Lipinski definition) is 1. The zero-order chi connectivity index (χ0) is 18.6. The third kappa shape index (κ3) is 3.58. The van der Waals surface area contributed by atoms with E-state index in [4.69, 9.17) is 4.42 Å².